The van der Waals surface area contributed by atoms with Gasteiger partial charge in [-0.2, -0.15) is 4.39 Å². The molecule has 1 aromatic heterocycles. The number of thiol groups is 1. The van der Waals surface area contributed by atoms with Gasteiger partial charge >= 0.3 is 5.97 Å². The summed E-state index contributed by atoms with van der Waals surface area (Å²) in [6.07, 6.45) is 1.46. The third-order valence-electron chi connectivity index (χ3n) is 3.21. The molecule has 3 rings (SSSR count). The molecule has 4 nitrogen and oxygen atoms in total. The highest BCUT2D eigenvalue weighted by atomic mass is 32.1. The molecular weight excluding hydrogens is 444 g/mol. The van der Waals surface area contributed by atoms with E-state index in [1.165, 1.54) is 19.2 Å². The van der Waals surface area contributed by atoms with Crippen LogP contribution in [-0.2, 0) is 0 Å². The minimum atomic E-state index is -1.65. The largest absolute Gasteiger partial charge is 0.477 e. The molecule has 0 aliphatic rings. The fourth-order valence-electron chi connectivity index (χ4n) is 2.03. The van der Waals surface area contributed by atoms with Crippen molar-refractivity contribution in [2.24, 2.45) is 0 Å². The van der Waals surface area contributed by atoms with Crippen LogP contribution in [0.5, 0.6) is 0 Å². The van der Waals surface area contributed by atoms with Crippen molar-refractivity contribution in [2.75, 3.05) is 5.73 Å². The third-order valence-corrected chi connectivity index (χ3v) is 3.50. The van der Waals surface area contributed by atoms with E-state index in [0.717, 1.165) is 28.2 Å². The van der Waals surface area contributed by atoms with E-state index in [1.54, 1.807) is 6.07 Å². The van der Waals surface area contributed by atoms with Crippen LogP contribution in [0.3, 0.4) is 0 Å². The number of aromatic nitrogens is 1. The van der Waals surface area contributed by atoms with Gasteiger partial charge in [-0.05, 0) is 48.4 Å². The van der Waals surface area contributed by atoms with Crippen LogP contribution in [0.15, 0.2) is 72.0 Å². The summed E-state index contributed by atoms with van der Waals surface area (Å²) in [4.78, 5) is 14.6. The molecule has 0 aliphatic heterocycles. The summed E-state index contributed by atoms with van der Waals surface area (Å²) in [7, 11) is 0. The molecule has 0 radical (unpaired) electrons. The number of pyridine rings is 1. The number of nitrogen functional groups attached to an aromatic ring is 1. The number of hydrogen-bond acceptors (Lipinski definition) is 4. The van der Waals surface area contributed by atoms with Gasteiger partial charge in [0.2, 0.25) is 5.95 Å². The fourth-order valence-corrected chi connectivity index (χ4v) is 2.18. The Morgan fingerprint density at radius 3 is 1.88 bits per heavy atom. The highest BCUT2D eigenvalue weighted by Crippen LogP contribution is 2.20. The van der Waals surface area contributed by atoms with E-state index >= 15 is 0 Å². The zero-order valence-corrected chi connectivity index (χ0v) is 18.6. The van der Waals surface area contributed by atoms with Crippen molar-refractivity contribution < 1.29 is 27.5 Å². The number of anilines is 1. The van der Waals surface area contributed by atoms with Crippen LogP contribution in [0.2, 0.25) is 0 Å². The summed E-state index contributed by atoms with van der Waals surface area (Å²) < 4.78 is 48.9. The first kappa shape index (κ1) is 28.7. The van der Waals surface area contributed by atoms with Crippen molar-refractivity contribution >= 4 is 24.3 Å². The molecule has 0 saturated heterocycles. The minimum absolute atomic E-state index is 0.144. The van der Waals surface area contributed by atoms with Gasteiger partial charge in [0.15, 0.2) is 0 Å². The molecule has 32 heavy (non-hydrogen) atoms. The monoisotopic (exact) mass is 468 g/mol. The normalized spacial score (nSPS) is 9.12. The standard InChI is InChI=1S/C11H8FNS.C7H5F2NO2.C3H5F.C2H6/c12-11-7-9(5-6-13-11)8-1-3-10(14)4-2-8;8-4-1-3(10)2-5(9)6(4)7(11)12;1-3(2)4;1-2/h1-7,14H;1-2H,10H2,(H,11,12);1H2,2H3;1-2H3. The molecule has 172 valence electrons. The number of carbonyl (C=O) groups is 1. The number of nitrogens with two attached hydrogens (primary N) is 1. The Morgan fingerprint density at radius 2 is 1.47 bits per heavy atom. The lowest BCUT2D eigenvalue weighted by Crippen LogP contribution is -2.05. The van der Waals surface area contributed by atoms with Crippen LogP contribution in [0.1, 0.15) is 31.1 Å². The molecular formula is C23H24F4N2O2S. The van der Waals surface area contributed by atoms with Crippen LogP contribution >= 0.6 is 12.6 Å². The second kappa shape index (κ2) is 14.6. The van der Waals surface area contributed by atoms with Crippen molar-refractivity contribution in [1.82, 2.24) is 4.98 Å². The zero-order chi connectivity index (χ0) is 24.8. The Kier molecular flexibility index (Phi) is 13.1. The van der Waals surface area contributed by atoms with Crippen LogP contribution in [0, 0.1) is 17.6 Å². The Morgan fingerprint density at radius 1 is 1.00 bits per heavy atom. The van der Waals surface area contributed by atoms with Gasteiger partial charge in [0.05, 0.1) is 5.83 Å². The molecule has 2 aromatic carbocycles. The molecule has 0 amide bonds. The highest BCUT2D eigenvalue weighted by molar-refractivity contribution is 7.80. The number of nitrogens with zero attached hydrogens (tertiary/aromatic N) is 1. The molecule has 0 saturated carbocycles. The lowest BCUT2D eigenvalue weighted by molar-refractivity contribution is 0.0686. The number of carboxylic acids is 1. The van der Waals surface area contributed by atoms with E-state index in [9.17, 15) is 22.4 Å². The summed E-state index contributed by atoms with van der Waals surface area (Å²) in [6, 6.07) is 12.2. The van der Waals surface area contributed by atoms with Crippen molar-refractivity contribution in [3.63, 3.8) is 0 Å². The summed E-state index contributed by atoms with van der Waals surface area (Å²) in [5.41, 5.74) is 5.72. The maximum atomic E-state index is 12.8. The summed E-state index contributed by atoms with van der Waals surface area (Å²) in [6.45, 7) is 8.19. The predicted octanol–water partition coefficient (Wildman–Crippen LogP) is 6.94. The minimum Gasteiger partial charge on any atom is -0.477 e. The second-order valence-electron chi connectivity index (χ2n) is 5.75. The Labute approximate surface area is 189 Å². The number of aromatic carboxylic acids is 1. The van der Waals surface area contributed by atoms with Crippen molar-refractivity contribution in [3.8, 4) is 11.1 Å². The number of rotatable bonds is 2. The zero-order valence-electron chi connectivity index (χ0n) is 17.7. The van der Waals surface area contributed by atoms with Gasteiger partial charge in [-0.15, -0.1) is 12.6 Å². The number of halogens is 4. The van der Waals surface area contributed by atoms with Crippen LogP contribution < -0.4 is 5.73 Å². The Balaban J connectivity index is 0.000000488. The SMILES string of the molecule is C=C(C)F.CC.Fc1cc(-c2ccc(S)cc2)ccn1.Nc1cc(F)c(C(=O)O)c(F)c1. The quantitative estimate of drug-likeness (QED) is 0.165. The predicted molar refractivity (Wildman–Crippen MR) is 122 cm³/mol. The number of hydrogen-bond donors (Lipinski definition) is 3. The van der Waals surface area contributed by atoms with Crippen molar-refractivity contribution in [2.45, 2.75) is 25.7 Å². The highest BCUT2D eigenvalue weighted by Gasteiger charge is 2.16. The molecule has 0 unspecified atom stereocenters. The lowest BCUT2D eigenvalue weighted by Gasteiger charge is -2.00. The van der Waals surface area contributed by atoms with E-state index in [4.69, 9.17) is 10.8 Å². The molecule has 3 aromatic rings. The number of allylic oxidation sites excluding steroid dienone is 1. The number of carboxylic acid groups (broad SMARTS) is 1. The summed E-state index contributed by atoms with van der Waals surface area (Å²) >= 11 is 4.18. The molecule has 3 N–H and O–H groups in total. The molecule has 9 heteroatoms. The lowest BCUT2D eigenvalue weighted by atomic mass is 10.1. The molecule has 0 bridgehead atoms. The van der Waals surface area contributed by atoms with Gasteiger partial charge in [0, 0.05) is 22.8 Å². The smallest absolute Gasteiger partial charge is 0.341 e. The summed E-state index contributed by atoms with van der Waals surface area (Å²) in [5.74, 6) is -4.78. The fraction of sp³-hybridized carbons (Fsp3) is 0.130. The Bertz CT molecular complexity index is 1000. The first-order valence-corrected chi connectivity index (χ1v) is 9.65. The summed E-state index contributed by atoms with van der Waals surface area (Å²) in [5, 5.41) is 8.32. The maximum Gasteiger partial charge on any atom is 0.341 e. The van der Waals surface area contributed by atoms with Gasteiger partial charge in [0.1, 0.15) is 17.2 Å². The molecule has 0 fully saturated rings. The van der Waals surface area contributed by atoms with E-state index in [2.05, 4.69) is 24.2 Å². The van der Waals surface area contributed by atoms with E-state index in [-0.39, 0.29) is 11.5 Å². The van der Waals surface area contributed by atoms with E-state index in [0.29, 0.717) is 0 Å². The van der Waals surface area contributed by atoms with Crippen LogP contribution in [0.4, 0.5) is 23.2 Å². The van der Waals surface area contributed by atoms with Crippen molar-refractivity contribution in [1.29, 1.82) is 0 Å². The third kappa shape index (κ3) is 10.6. The van der Waals surface area contributed by atoms with Gasteiger partial charge < -0.3 is 10.8 Å². The average molecular weight is 469 g/mol. The van der Waals surface area contributed by atoms with Crippen molar-refractivity contribution in [3.05, 3.63) is 90.3 Å². The molecule has 0 atom stereocenters. The van der Waals surface area contributed by atoms with Crippen LogP contribution in [-0.4, -0.2) is 16.1 Å². The first-order valence-electron chi connectivity index (χ1n) is 9.21. The maximum absolute atomic E-state index is 12.8. The second-order valence-corrected chi connectivity index (χ2v) is 6.27. The van der Waals surface area contributed by atoms with Crippen LogP contribution in [0.25, 0.3) is 11.1 Å². The van der Waals surface area contributed by atoms with Gasteiger partial charge in [-0.25, -0.2) is 22.9 Å². The van der Waals surface area contributed by atoms with Gasteiger partial charge in [-0.3, -0.25) is 0 Å². The van der Waals surface area contributed by atoms with Gasteiger partial charge in [-0.1, -0.05) is 32.6 Å². The van der Waals surface area contributed by atoms with E-state index < -0.39 is 29.1 Å². The molecule has 0 spiro atoms. The molecule has 0 aliphatic carbocycles. The Hall–Kier alpha value is -3.33. The molecule has 1 heterocycles. The average Bonchev–Trinajstić information content (AvgIpc) is 2.69. The number of benzene rings is 2. The first-order chi connectivity index (χ1) is 15.0. The van der Waals surface area contributed by atoms with Gasteiger partial charge in [0.25, 0.3) is 0 Å². The van der Waals surface area contributed by atoms with E-state index in [1.807, 2.05) is 38.1 Å². The topological polar surface area (TPSA) is 76.2 Å².